The van der Waals surface area contributed by atoms with Crippen LogP contribution in [0.3, 0.4) is 0 Å². The number of fused-ring (bicyclic) bond motifs is 1. The number of amides is 1. The minimum Gasteiger partial charge on any atom is -0.464 e. The molecule has 192 valence electrons. The molecule has 3 atom stereocenters. The molecule has 0 spiro atoms. The number of carbonyl (C=O) groups excluding carboxylic acids is 1. The Kier molecular flexibility index (Phi) is 9.56. The van der Waals surface area contributed by atoms with Crippen LogP contribution in [0.5, 0.6) is 0 Å². The molecule has 1 fully saturated rings. The number of hydrogen-bond acceptors (Lipinski definition) is 8. The van der Waals surface area contributed by atoms with E-state index in [1.165, 1.54) is 0 Å². The number of para-hydroxylation sites is 1. The van der Waals surface area contributed by atoms with E-state index in [1.54, 1.807) is 11.2 Å². The molecule has 2 aromatic rings. The van der Waals surface area contributed by atoms with Crippen LogP contribution < -0.4 is 0 Å². The number of carbonyl (C=O) groups is 1. The number of hydrogen-bond donors (Lipinski definition) is 1. The first kappa shape index (κ1) is 25.7. The third kappa shape index (κ3) is 6.42. The van der Waals surface area contributed by atoms with Gasteiger partial charge in [-0.15, -0.1) is 0 Å². The monoisotopic (exact) mass is 489 g/mol. The van der Waals surface area contributed by atoms with Gasteiger partial charge in [-0.25, -0.2) is 0 Å². The number of aliphatic hydroxyl groups excluding tert-OH is 1. The Morgan fingerprint density at radius 3 is 2.66 bits per heavy atom. The Hall–Kier alpha value is -2.43. The molecule has 2 aliphatic heterocycles. The molecule has 0 unspecified atom stereocenters. The fourth-order valence-electron chi connectivity index (χ4n) is 4.57. The highest BCUT2D eigenvalue weighted by atomic mass is 16.7. The Labute approximate surface area is 205 Å². The van der Waals surface area contributed by atoms with Crippen molar-refractivity contribution in [1.82, 2.24) is 4.90 Å². The topological polar surface area (TPSA) is 99.8 Å². The molecule has 3 heterocycles. The lowest BCUT2D eigenvalue weighted by atomic mass is 9.81. The van der Waals surface area contributed by atoms with Gasteiger partial charge in [0.25, 0.3) is 5.91 Å². The molecule has 0 aliphatic carbocycles. The first-order chi connectivity index (χ1) is 17.2. The predicted molar refractivity (Wildman–Crippen MR) is 128 cm³/mol. The molecule has 9 heteroatoms. The molecule has 1 saturated heterocycles. The SMILES string of the molecule is CCO[C@@H]1OC(C(=O)N2CCOCC2)=C[C@H](c2coc3ccccc23)[C@@H]1CCOCCOCCO. The van der Waals surface area contributed by atoms with Crippen molar-refractivity contribution in [1.29, 1.82) is 0 Å². The van der Waals surface area contributed by atoms with Crippen LogP contribution in [0.25, 0.3) is 11.0 Å². The maximum atomic E-state index is 13.3. The van der Waals surface area contributed by atoms with E-state index < -0.39 is 6.29 Å². The molecule has 0 radical (unpaired) electrons. The zero-order valence-electron chi connectivity index (χ0n) is 20.2. The average molecular weight is 490 g/mol. The Bertz CT molecular complexity index is 967. The number of rotatable bonds is 12. The zero-order chi connectivity index (χ0) is 24.5. The summed E-state index contributed by atoms with van der Waals surface area (Å²) >= 11 is 0. The van der Waals surface area contributed by atoms with Gasteiger partial charge in [0, 0.05) is 49.1 Å². The van der Waals surface area contributed by atoms with Gasteiger partial charge in [-0.1, -0.05) is 18.2 Å². The van der Waals surface area contributed by atoms with E-state index in [9.17, 15) is 4.79 Å². The summed E-state index contributed by atoms with van der Waals surface area (Å²) < 4.78 is 34.5. The van der Waals surface area contributed by atoms with Crippen LogP contribution in [0.4, 0.5) is 0 Å². The Balaban J connectivity index is 1.57. The molecular weight excluding hydrogens is 454 g/mol. The van der Waals surface area contributed by atoms with Crippen molar-refractivity contribution in [2.75, 3.05) is 65.9 Å². The van der Waals surface area contributed by atoms with E-state index in [4.69, 9.17) is 33.2 Å². The van der Waals surface area contributed by atoms with Crippen LogP contribution in [0.15, 0.2) is 46.8 Å². The highest BCUT2D eigenvalue weighted by Gasteiger charge is 2.40. The first-order valence-electron chi connectivity index (χ1n) is 12.3. The van der Waals surface area contributed by atoms with Gasteiger partial charge in [0.1, 0.15) is 5.58 Å². The van der Waals surface area contributed by atoms with Crippen molar-refractivity contribution in [3.63, 3.8) is 0 Å². The van der Waals surface area contributed by atoms with E-state index in [-0.39, 0.29) is 24.3 Å². The van der Waals surface area contributed by atoms with Crippen LogP contribution in [0.1, 0.15) is 24.8 Å². The molecule has 2 aliphatic rings. The van der Waals surface area contributed by atoms with Crippen molar-refractivity contribution >= 4 is 16.9 Å². The quantitative estimate of drug-likeness (QED) is 0.455. The van der Waals surface area contributed by atoms with Gasteiger partial charge in [-0.2, -0.15) is 0 Å². The van der Waals surface area contributed by atoms with Gasteiger partial charge in [-0.3, -0.25) is 4.79 Å². The van der Waals surface area contributed by atoms with Crippen molar-refractivity contribution in [3.05, 3.63) is 47.9 Å². The van der Waals surface area contributed by atoms with E-state index in [0.29, 0.717) is 71.5 Å². The van der Waals surface area contributed by atoms with Crippen molar-refractivity contribution < 1.29 is 38.0 Å². The molecule has 0 saturated carbocycles. The van der Waals surface area contributed by atoms with Crippen molar-refractivity contribution in [3.8, 4) is 0 Å². The Morgan fingerprint density at radius 2 is 1.89 bits per heavy atom. The highest BCUT2D eigenvalue weighted by Crippen LogP contribution is 2.42. The molecule has 1 aromatic heterocycles. The number of morpholine rings is 1. The number of benzene rings is 1. The van der Waals surface area contributed by atoms with E-state index in [0.717, 1.165) is 16.5 Å². The van der Waals surface area contributed by atoms with Crippen LogP contribution in [0.2, 0.25) is 0 Å². The summed E-state index contributed by atoms with van der Waals surface area (Å²) in [7, 11) is 0. The summed E-state index contributed by atoms with van der Waals surface area (Å²) in [6, 6.07) is 7.89. The second kappa shape index (κ2) is 13.0. The average Bonchev–Trinajstić information content (AvgIpc) is 3.33. The molecule has 1 N–H and O–H groups in total. The maximum Gasteiger partial charge on any atom is 0.288 e. The summed E-state index contributed by atoms with van der Waals surface area (Å²) in [5.41, 5.74) is 1.80. The lowest BCUT2D eigenvalue weighted by molar-refractivity contribution is -0.173. The van der Waals surface area contributed by atoms with Crippen LogP contribution in [-0.2, 0) is 28.5 Å². The minimum atomic E-state index is -0.599. The van der Waals surface area contributed by atoms with Gasteiger partial charge in [0.2, 0.25) is 6.29 Å². The van der Waals surface area contributed by atoms with Crippen molar-refractivity contribution in [2.45, 2.75) is 25.6 Å². The summed E-state index contributed by atoms with van der Waals surface area (Å²) in [6.07, 6.45) is 3.75. The molecule has 35 heavy (non-hydrogen) atoms. The van der Waals surface area contributed by atoms with E-state index in [1.807, 2.05) is 37.3 Å². The number of allylic oxidation sites excluding steroid dienone is 1. The second-order valence-electron chi connectivity index (χ2n) is 8.49. The highest BCUT2D eigenvalue weighted by molar-refractivity contribution is 5.92. The predicted octanol–water partition coefficient (Wildman–Crippen LogP) is 2.68. The standard InChI is InChI=1S/C26H35NO8/c1-2-33-26-20(7-11-30-15-16-32-14-10-28)21(22-18-34-23-6-4-3-5-19(22)23)17-24(35-26)25(29)27-8-12-31-13-9-27/h3-6,17-18,20-21,26,28H,2,7-16H2,1H3/t20-,21-,26+/m0/s1. The second-order valence-corrected chi connectivity index (χ2v) is 8.49. The lowest BCUT2D eigenvalue weighted by Gasteiger charge is -2.38. The van der Waals surface area contributed by atoms with E-state index in [2.05, 4.69) is 0 Å². The number of ether oxygens (including phenoxy) is 5. The third-order valence-corrected chi connectivity index (χ3v) is 6.30. The molecule has 9 nitrogen and oxygen atoms in total. The molecule has 1 amide bonds. The number of furan rings is 1. The molecular formula is C26H35NO8. The normalized spacial score (nSPS) is 22.7. The summed E-state index contributed by atoms with van der Waals surface area (Å²) in [6.45, 7) is 6.10. The van der Waals surface area contributed by atoms with Gasteiger partial charge >= 0.3 is 0 Å². The van der Waals surface area contributed by atoms with E-state index >= 15 is 0 Å². The molecule has 4 rings (SSSR count). The maximum absolute atomic E-state index is 13.3. The minimum absolute atomic E-state index is 0.00632. The zero-order valence-corrected chi connectivity index (χ0v) is 20.2. The van der Waals surface area contributed by atoms with Crippen LogP contribution in [0, 0.1) is 5.92 Å². The lowest BCUT2D eigenvalue weighted by Crippen LogP contribution is -2.44. The van der Waals surface area contributed by atoms with Gasteiger partial charge < -0.3 is 38.1 Å². The van der Waals surface area contributed by atoms with Crippen molar-refractivity contribution in [2.24, 2.45) is 5.92 Å². The van der Waals surface area contributed by atoms with Gasteiger partial charge in [-0.05, 0) is 25.5 Å². The third-order valence-electron chi connectivity index (χ3n) is 6.30. The number of aliphatic hydroxyl groups is 1. The largest absolute Gasteiger partial charge is 0.464 e. The number of nitrogens with zero attached hydrogens (tertiary/aromatic N) is 1. The fraction of sp³-hybridized carbons (Fsp3) is 0.577. The Morgan fingerprint density at radius 1 is 1.11 bits per heavy atom. The van der Waals surface area contributed by atoms with Crippen LogP contribution in [-0.4, -0.2) is 88.1 Å². The smallest absolute Gasteiger partial charge is 0.288 e. The van der Waals surface area contributed by atoms with Gasteiger partial charge in [0.15, 0.2) is 5.76 Å². The first-order valence-corrected chi connectivity index (χ1v) is 12.3. The van der Waals surface area contributed by atoms with Crippen LogP contribution >= 0.6 is 0 Å². The summed E-state index contributed by atoms with van der Waals surface area (Å²) in [5, 5.41) is 9.82. The van der Waals surface area contributed by atoms with Gasteiger partial charge in [0.05, 0.1) is 45.9 Å². The molecule has 0 bridgehead atoms. The fourth-order valence-corrected chi connectivity index (χ4v) is 4.57. The summed E-state index contributed by atoms with van der Waals surface area (Å²) in [4.78, 5) is 15.1. The molecule has 1 aromatic carbocycles. The summed E-state index contributed by atoms with van der Waals surface area (Å²) in [5.74, 6) is -0.0875.